The molecule has 1 aromatic carbocycles. The summed E-state index contributed by atoms with van der Waals surface area (Å²) in [6.45, 7) is 4.05. The molecule has 1 N–H and O–H groups in total. The Morgan fingerprint density at radius 1 is 1.30 bits per heavy atom. The van der Waals surface area contributed by atoms with Crippen LogP contribution in [0.5, 0.6) is 5.75 Å². The predicted octanol–water partition coefficient (Wildman–Crippen LogP) is 2.87. The first-order valence-corrected chi connectivity index (χ1v) is 9.13. The molecule has 1 unspecified atom stereocenters. The third kappa shape index (κ3) is 4.77. The molecule has 146 valence electrons. The van der Waals surface area contributed by atoms with Gasteiger partial charge < -0.3 is 24.2 Å². The van der Waals surface area contributed by atoms with Gasteiger partial charge in [0.15, 0.2) is 0 Å². The number of piperidine rings is 1. The number of likely N-dealkylation sites (tertiary alicyclic amines) is 1. The molecule has 1 aliphatic rings. The summed E-state index contributed by atoms with van der Waals surface area (Å²) in [4.78, 5) is 18.7. The highest BCUT2D eigenvalue weighted by atomic mass is 16.5. The Labute approximate surface area is 158 Å². The summed E-state index contributed by atoms with van der Waals surface area (Å²) < 4.78 is 15.7. The van der Waals surface area contributed by atoms with Gasteiger partial charge in [0.25, 0.3) is 0 Å². The van der Waals surface area contributed by atoms with Crippen molar-refractivity contribution in [3.8, 4) is 17.1 Å². The van der Waals surface area contributed by atoms with E-state index in [1.54, 1.807) is 14.2 Å². The molecule has 2 heterocycles. The highest BCUT2D eigenvalue weighted by Crippen LogP contribution is 2.22. The molecule has 2 amide bonds. The van der Waals surface area contributed by atoms with Crippen LogP contribution in [0.4, 0.5) is 4.79 Å². The minimum atomic E-state index is -0.367. The maximum atomic E-state index is 12.5. The zero-order valence-corrected chi connectivity index (χ0v) is 16.0. The van der Waals surface area contributed by atoms with Crippen LogP contribution in [-0.4, -0.2) is 55.0 Å². The number of amides is 2. The van der Waals surface area contributed by atoms with Crippen LogP contribution in [0, 0.1) is 5.92 Å². The number of carbonyl (C=O) groups is 1. The van der Waals surface area contributed by atoms with Crippen molar-refractivity contribution in [1.82, 2.24) is 20.4 Å². The Bertz CT molecular complexity index is 738. The molecule has 1 saturated heterocycles. The average Bonchev–Trinajstić information content (AvgIpc) is 3.19. The summed E-state index contributed by atoms with van der Waals surface area (Å²) in [7, 11) is 3.33. The molecule has 0 spiro atoms. The van der Waals surface area contributed by atoms with Crippen LogP contribution in [0.3, 0.4) is 0 Å². The SMILES string of the molecule is COCC1CCN(C(=O)NC(C)c2nc(-c3ccc(OC)cc3)no2)CC1. The molecule has 8 heteroatoms. The van der Waals surface area contributed by atoms with E-state index in [4.69, 9.17) is 14.0 Å². The van der Waals surface area contributed by atoms with Crippen LogP contribution in [0.15, 0.2) is 28.8 Å². The van der Waals surface area contributed by atoms with Crippen molar-refractivity contribution in [2.45, 2.75) is 25.8 Å². The van der Waals surface area contributed by atoms with Gasteiger partial charge >= 0.3 is 6.03 Å². The third-order valence-corrected chi connectivity index (χ3v) is 4.80. The number of ether oxygens (including phenoxy) is 2. The fourth-order valence-electron chi connectivity index (χ4n) is 3.15. The van der Waals surface area contributed by atoms with Gasteiger partial charge in [-0.2, -0.15) is 4.98 Å². The van der Waals surface area contributed by atoms with E-state index in [0.29, 0.717) is 17.6 Å². The van der Waals surface area contributed by atoms with Gasteiger partial charge in [-0.25, -0.2) is 4.79 Å². The number of hydrogen-bond donors (Lipinski definition) is 1. The molecule has 3 rings (SSSR count). The highest BCUT2D eigenvalue weighted by Gasteiger charge is 2.25. The van der Waals surface area contributed by atoms with E-state index in [0.717, 1.165) is 43.9 Å². The van der Waals surface area contributed by atoms with E-state index in [9.17, 15) is 4.79 Å². The van der Waals surface area contributed by atoms with Crippen molar-refractivity contribution < 1.29 is 18.8 Å². The lowest BCUT2D eigenvalue weighted by atomic mass is 9.98. The van der Waals surface area contributed by atoms with Crippen LogP contribution in [0.1, 0.15) is 31.7 Å². The number of aromatic nitrogens is 2. The molecular formula is C19H26N4O4. The topological polar surface area (TPSA) is 89.7 Å². The second-order valence-electron chi connectivity index (χ2n) is 6.74. The molecule has 0 aliphatic carbocycles. The fourth-order valence-corrected chi connectivity index (χ4v) is 3.15. The van der Waals surface area contributed by atoms with Crippen LogP contribution in [0.25, 0.3) is 11.4 Å². The molecule has 1 aliphatic heterocycles. The first kappa shape index (κ1) is 19.2. The second kappa shape index (κ2) is 8.85. The van der Waals surface area contributed by atoms with Crippen molar-refractivity contribution >= 4 is 6.03 Å². The monoisotopic (exact) mass is 374 g/mol. The summed E-state index contributed by atoms with van der Waals surface area (Å²) in [5.74, 6) is 2.15. The van der Waals surface area contributed by atoms with E-state index in [1.165, 1.54) is 0 Å². The number of urea groups is 1. The fraction of sp³-hybridized carbons (Fsp3) is 0.526. The van der Waals surface area contributed by atoms with E-state index < -0.39 is 0 Å². The van der Waals surface area contributed by atoms with Crippen molar-refractivity contribution in [3.63, 3.8) is 0 Å². The normalized spacial score (nSPS) is 16.2. The molecule has 0 saturated carbocycles. The van der Waals surface area contributed by atoms with Gasteiger partial charge in [0.1, 0.15) is 11.8 Å². The van der Waals surface area contributed by atoms with Crippen LogP contribution >= 0.6 is 0 Å². The molecule has 1 aromatic heterocycles. The summed E-state index contributed by atoms with van der Waals surface area (Å²) in [5, 5.41) is 6.94. The van der Waals surface area contributed by atoms with Crippen molar-refractivity contribution in [2.75, 3.05) is 33.9 Å². The number of methoxy groups -OCH3 is 2. The Morgan fingerprint density at radius 2 is 2.00 bits per heavy atom. The lowest BCUT2D eigenvalue weighted by molar-refractivity contribution is 0.106. The summed E-state index contributed by atoms with van der Waals surface area (Å²) in [5.41, 5.74) is 0.824. The van der Waals surface area contributed by atoms with Crippen LogP contribution < -0.4 is 10.1 Å². The molecule has 8 nitrogen and oxygen atoms in total. The molecular weight excluding hydrogens is 348 g/mol. The quantitative estimate of drug-likeness (QED) is 0.836. The van der Waals surface area contributed by atoms with Crippen LogP contribution in [0.2, 0.25) is 0 Å². The minimum Gasteiger partial charge on any atom is -0.497 e. The van der Waals surface area contributed by atoms with E-state index in [-0.39, 0.29) is 12.1 Å². The van der Waals surface area contributed by atoms with E-state index in [2.05, 4.69) is 15.5 Å². The third-order valence-electron chi connectivity index (χ3n) is 4.80. The predicted molar refractivity (Wildman–Crippen MR) is 99.4 cm³/mol. The maximum absolute atomic E-state index is 12.5. The zero-order chi connectivity index (χ0) is 19.2. The molecule has 2 aromatic rings. The number of hydrogen-bond acceptors (Lipinski definition) is 6. The van der Waals surface area contributed by atoms with Gasteiger partial charge in [-0.15, -0.1) is 0 Å². The van der Waals surface area contributed by atoms with Gasteiger partial charge in [0.2, 0.25) is 11.7 Å². The Hall–Kier alpha value is -2.61. The average molecular weight is 374 g/mol. The zero-order valence-electron chi connectivity index (χ0n) is 16.0. The van der Waals surface area contributed by atoms with Gasteiger partial charge in [-0.1, -0.05) is 5.16 Å². The Balaban J connectivity index is 1.56. The minimum absolute atomic E-state index is 0.109. The summed E-state index contributed by atoms with van der Waals surface area (Å²) in [6.07, 6.45) is 1.91. The first-order chi connectivity index (χ1) is 13.1. The standard InChI is InChI=1S/C19H26N4O4/c1-13(20-19(24)23-10-8-14(9-11-23)12-25-2)18-21-17(22-27-18)15-4-6-16(26-3)7-5-15/h4-7,13-14H,8-12H2,1-3H3,(H,20,24). The molecule has 27 heavy (non-hydrogen) atoms. The van der Waals surface area contributed by atoms with E-state index >= 15 is 0 Å². The molecule has 0 radical (unpaired) electrons. The lowest BCUT2D eigenvalue weighted by Gasteiger charge is -2.32. The smallest absolute Gasteiger partial charge is 0.318 e. The maximum Gasteiger partial charge on any atom is 0.318 e. The number of nitrogens with one attached hydrogen (secondary N) is 1. The van der Waals surface area contributed by atoms with Crippen LogP contribution in [-0.2, 0) is 4.74 Å². The van der Waals surface area contributed by atoms with Crippen molar-refractivity contribution in [3.05, 3.63) is 30.2 Å². The lowest BCUT2D eigenvalue weighted by Crippen LogP contribution is -2.45. The van der Waals surface area contributed by atoms with E-state index in [1.807, 2.05) is 36.1 Å². The van der Waals surface area contributed by atoms with Crippen molar-refractivity contribution in [1.29, 1.82) is 0 Å². The van der Waals surface area contributed by atoms with Crippen molar-refractivity contribution in [2.24, 2.45) is 5.92 Å². The Kier molecular flexibility index (Phi) is 6.28. The number of rotatable bonds is 6. The number of carbonyl (C=O) groups excluding carboxylic acids is 1. The summed E-state index contributed by atoms with van der Waals surface area (Å²) >= 11 is 0. The van der Waals surface area contributed by atoms with Gasteiger partial charge in [0.05, 0.1) is 7.11 Å². The van der Waals surface area contributed by atoms with Gasteiger partial charge in [0, 0.05) is 32.4 Å². The molecule has 1 fully saturated rings. The second-order valence-corrected chi connectivity index (χ2v) is 6.74. The Morgan fingerprint density at radius 3 is 2.63 bits per heavy atom. The highest BCUT2D eigenvalue weighted by molar-refractivity contribution is 5.74. The summed E-state index contributed by atoms with van der Waals surface area (Å²) in [6, 6.07) is 6.92. The number of nitrogens with zero attached hydrogens (tertiary/aromatic N) is 3. The van der Waals surface area contributed by atoms with Gasteiger partial charge in [-0.3, -0.25) is 0 Å². The molecule has 0 bridgehead atoms. The van der Waals surface area contributed by atoms with Gasteiger partial charge in [-0.05, 0) is 49.9 Å². The molecule has 1 atom stereocenters. The first-order valence-electron chi connectivity index (χ1n) is 9.13. The number of benzene rings is 1. The largest absolute Gasteiger partial charge is 0.497 e.